The van der Waals surface area contributed by atoms with Gasteiger partial charge in [-0.2, -0.15) is 0 Å². The van der Waals surface area contributed by atoms with Crippen LogP contribution in [-0.2, 0) is 0 Å². The number of aromatic hydroxyl groups is 1. The van der Waals surface area contributed by atoms with Crippen molar-refractivity contribution < 1.29 is 14.6 Å². The van der Waals surface area contributed by atoms with Crippen LogP contribution >= 0.6 is 0 Å². The Morgan fingerprint density at radius 2 is 1.43 bits per heavy atom. The van der Waals surface area contributed by atoms with Crippen LogP contribution in [0.15, 0.2) is 72.8 Å². The van der Waals surface area contributed by atoms with Crippen molar-refractivity contribution in [2.75, 3.05) is 14.2 Å². The van der Waals surface area contributed by atoms with E-state index in [0.717, 1.165) is 22.4 Å². The summed E-state index contributed by atoms with van der Waals surface area (Å²) in [6, 6.07) is 24.4. The molecule has 0 spiro atoms. The summed E-state index contributed by atoms with van der Waals surface area (Å²) in [6.07, 6.45) is 0. The third-order valence-electron chi connectivity index (χ3n) is 5.65. The maximum atomic E-state index is 9.76. The van der Waals surface area contributed by atoms with Crippen LogP contribution < -0.4 is 9.47 Å². The molecule has 5 rings (SSSR count). The van der Waals surface area contributed by atoms with Gasteiger partial charge in [0, 0.05) is 5.92 Å². The van der Waals surface area contributed by atoms with Crippen LogP contribution in [0.4, 0.5) is 0 Å². The first kappa shape index (κ1) is 16.7. The number of hydrogen-bond donors (Lipinski definition) is 1. The van der Waals surface area contributed by atoms with E-state index in [1.165, 1.54) is 27.6 Å². The number of benzene rings is 4. The lowest BCUT2D eigenvalue weighted by atomic mass is 9.86. The van der Waals surface area contributed by atoms with E-state index in [1.807, 2.05) is 24.3 Å². The Morgan fingerprint density at radius 3 is 2.18 bits per heavy atom. The molecule has 0 bridgehead atoms. The fourth-order valence-electron chi connectivity index (χ4n) is 4.32. The highest BCUT2D eigenvalue weighted by Gasteiger charge is 2.32. The highest BCUT2D eigenvalue weighted by atomic mass is 16.5. The smallest absolute Gasteiger partial charge is 0.119 e. The second-order valence-electron chi connectivity index (χ2n) is 7.09. The number of ether oxygens (including phenoxy) is 2. The second kappa shape index (κ2) is 6.31. The first-order chi connectivity index (χ1) is 13.7. The SMILES string of the molecule is COc1ccc2c(c1)-c1ccc3cc(OC)ccc3c1C2c1ccc(O)cc1. The van der Waals surface area contributed by atoms with E-state index in [9.17, 15) is 5.11 Å². The number of rotatable bonds is 3. The molecule has 0 radical (unpaired) electrons. The molecule has 138 valence electrons. The Morgan fingerprint density at radius 1 is 0.714 bits per heavy atom. The summed E-state index contributed by atoms with van der Waals surface area (Å²) in [7, 11) is 3.39. The van der Waals surface area contributed by atoms with Gasteiger partial charge in [0.1, 0.15) is 17.2 Å². The summed E-state index contributed by atoms with van der Waals surface area (Å²) in [5.41, 5.74) is 6.12. The number of methoxy groups -OCH3 is 2. The molecule has 0 aliphatic heterocycles. The van der Waals surface area contributed by atoms with Crippen molar-refractivity contribution in [3.63, 3.8) is 0 Å². The molecule has 4 aromatic rings. The van der Waals surface area contributed by atoms with Crippen LogP contribution in [0.25, 0.3) is 21.9 Å². The number of fused-ring (bicyclic) bond motifs is 5. The molecule has 0 saturated heterocycles. The minimum Gasteiger partial charge on any atom is -0.508 e. The minimum absolute atomic E-state index is 0.105. The fourth-order valence-corrected chi connectivity index (χ4v) is 4.32. The van der Waals surface area contributed by atoms with Gasteiger partial charge in [0.15, 0.2) is 0 Å². The van der Waals surface area contributed by atoms with Gasteiger partial charge in [0.2, 0.25) is 0 Å². The third-order valence-corrected chi connectivity index (χ3v) is 5.65. The van der Waals surface area contributed by atoms with Crippen molar-refractivity contribution in [3.8, 4) is 28.4 Å². The van der Waals surface area contributed by atoms with Crippen molar-refractivity contribution in [1.82, 2.24) is 0 Å². The standard InChI is InChI=1S/C25H20O3/c1-27-18-8-11-20-16(13-18)5-10-22-23-14-19(28-2)9-12-21(23)24(25(20)22)15-3-6-17(26)7-4-15/h3-14,24,26H,1-2H3. The summed E-state index contributed by atoms with van der Waals surface area (Å²) >= 11 is 0. The zero-order valence-corrected chi connectivity index (χ0v) is 15.8. The number of phenols is 1. The molecule has 3 heteroatoms. The van der Waals surface area contributed by atoms with Crippen molar-refractivity contribution in [2.24, 2.45) is 0 Å². The van der Waals surface area contributed by atoms with E-state index < -0.39 is 0 Å². The Balaban J connectivity index is 1.83. The quantitative estimate of drug-likeness (QED) is 0.442. The summed E-state index contributed by atoms with van der Waals surface area (Å²) in [6.45, 7) is 0. The molecule has 1 unspecified atom stereocenters. The average Bonchev–Trinajstić information content (AvgIpc) is 3.07. The van der Waals surface area contributed by atoms with Gasteiger partial charge in [-0.15, -0.1) is 0 Å². The molecule has 3 nitrogen and oxygen atoms in total. The molecule has 1 N–H and O–H groups in total. The van der Waals surface area contributed by atoms with Crippen molar-refractivity contribution in [1.29, 1.82) is 0 Å². The Kier molecular flexibility index (Phi) is 3.76. The minimum atomic E-state index is 0.105. The van der Waals surface area contributed by atoms with Crippen molar-refractivity contribution in [2.45, 2.75) is 5.92 Å². The molecule has 1 atom stereocenters. The van der Waals surface area contributed by atoms with E-state index >= 15 is 0 Å². The summed E-state index contributed by atoms with van der Waals surface area (Å²) in [4.78, 5) is 0. The number of hydrogen-bond acceptors (Lipinski definition) is 3. The molecule has 0 saturated carbocycles. The van der Waals surface area contributed by atoms with Gasteiger partial charge in [-0.25, -0.2) is 0 Å². The van der Waals surface area contributed by atoms with Gasteiger partial charge < -0.3 is 14.6 Å². The van der Waals surface area contributed by atoms with E-state index in [1.54, 1.807) is 26.4 Å². The maximum Gasteiger partial charge on any atom is 0.119 e. The average molecular weight is 368 g/mol. The lowest BCUT2D eigenvalue weighted by molar-refractivity contribution is 0.415. The number of phenolic OH excluding ortho intramolecular Hbond substituents is 1. The molecular weight excluding hydrogens is 348 g/mol. The molecule has 0 aromatic heterocycles. The van der Waals surface area contributed by atoms with Gasteiger partial charge in [0.05, 0.1) is 14.2 Å². The Hall–Kier alpha value is -3.46. The van der Waals surface area contributed by atoms with Crippen LogP contribution in [0.2, 0.25) is 0 Å². The molecule has 28 heavy (non-hydrogen) atoms. The predicted octanol–water partition coefficient (Wildman–Crippen LogP) is 5.72. The zero-order valence-electron chi connectivity index (χ0n) is 15.8. The highest BCUT2D eigenvalue weighted by molar-refractivity contribution is 5.98. The van der Waals surface area contributed by atoms with Crippen LogP contribution in [0.1, 0.15) is 22.6 Å². The van der Waals surface area contributed by atoms with Crippen LogP contribution in [0.5, 0.6) is 17.2 Å². The molecule has 1 aliphatic carbocycles. The Labute approximate surface area is 163 Å². The van der Waals surface area contributed by atoms with Crippen molar-refractivity contribution >= 4 is 10.8 Å². The lowest BCUT2D eigenvalue weighted by Gasteiger charge is -2.17. The van der Waals surface area contributed by atoms with Gasteiger partial charge in [-0.1, -0.05) is 36.4 Å². The largest absolute Gasteiger partial charge is 0.508 e. The Bertz CT molecular complexity index is 1190. The molecule has 1 aliphatic rings. The molecular formula is C25H20O3. The maximum absolute atomic E-state index is 9.76. The predicted molar refractivity (Wildman–Crippen MR) is 112 cm³/mol. The van der Waals surface area contributed by atoms with Gasteiger partial charge in [-0.3, -0.25) is 0 Å². The van der Waals surface area contributed by atoms with E-state index in [4.69, 9.17) is 9.47 Å². The van der Waals surface area contributed by atoms with Gasteiger partial charge in [0.25, 0.3) is 0 Å². The van der Waals surface area contributed by atoms with Gasteiger partial charge in [-0.05, 0) is 75.0 Å². The first-order valence-electron chi connectivity index (χ1n) is 9.27. The molecule has 0 heterocycles. The summed E-state index contributed by atoms with van der Waals surface area (Å²) in [5, 5.41) is 12.1. The molecule has 0 amide bonds. The molecule has 4 aromatic carbocycles. The summed E-state index contributed by atoms with van der Waals surface area (Å²) < 4.78 is 10.9. The third kappa shape index (κ3) is 2.43. The van der Waals surface area contributed by atoms with Crippen molar-refractivity contribution in [3.05, 3.63) is 89.5 Å². The lowest BCUT2D eigenvalue weighted by Crippen LogP contribution is -2.00. The van der Waals surface area contributed by atoms with Crippen LogP contribution in [0.3, 0.4) is 0 Å². The van der Waals surface area contributed by atoms with Gasteiger partial charge >= 0.3 is 0 Å². The normalized spacial score (nSPS) is 14.6. The van der Waals surface area contributed by atoms with Crippen LogP contribution in [-0.4, -0.2) is 19.3 Å². The zero-order chi connectivity index (χ0) is 19.3. The second-order valence-corrected chi connectivity index (χ2v) is 7.09. The topological polar surface area (TPSA) is 38.7 Å². The first-order valence-corrected chi connectivity index (χ1v) is 9.27. The van der Waals surface area contributed by atoms with Crippen LogP contribution in [0, 0.1) is 0 Å². The van der Waals surface area contributed by atoms with E-state index in [-0.39, 0.29) is 11.7 Å². The van der Waals surface area contributed by atoms with E-state index in [2.05, 4.69) is 36.4 Å². The molecule has 0 fully saturated rings. The van der Waals surface area contributed by atoms with E-state index in [0.29, 0.717) is 0 Å². The highest BCUT2D eigenvalue weighted by Crippen LogP contribution is 2.51. The monoisotopic (exact) mass is 368 g/mol. The fraction of sp³-hybridized carbons (Fsp3) is 0.120. The summed E-state index contributed by atoms with van der Waals surface area (Å²) in [5.74, 6) is 2.09.